The maximum absolute atomic E-state index is 12.3. The first-order chi connectivity index (χ1) is 13.2. The van der Waals surface area contributed by atoms with Gasteiger partial charge in [0, 0.05) is 11.3 Å². The molecule has 0 radical (unpaired) electrons. The predicted octanol–water partition coefficient (Wildman–Crippen LogP) is 3.54. The van der Waals surface area contributed by atoms with Crippen LogP contribution in [0.2, 0.25) is 0 Å². The van der Waals surface area contributed by atoms with Gasteiger partial charge in [0.15, 0.2) is 5.82 Å². The number of carbonyl (C=O) groups excluding carboxylic acids is 1. The fourth-order valence-electron chi connectivity index (χ4n) is 2.75. The molecule has 1 amide bonds. The van der Waals surface area contributed by atoms with Crippen LogP contribution >= 0.6 is 11.8 Å². The highest BCUT2D eigenvalue weighted by atomic mass is 32.2. The Morgan fingerprint density at radius 3 is 2.52 bits per heavy atom. The first-order valence-electron chi connectivity index (χ1n) is 8.38. The van der Waals surface area contributed by atoms with Crippen molar-refractivity contribution >= 4 is 34.1 Å². The van der Waals surface area contributed by atoms with E-state index in [-0.39, 0.29) is 11.7 Å². The van der Waals surface area contributed by atoms with Crippen LogP contribution in [0.3, 0.4) is 0 Å². The molecule has 4 rings (SSSR count). The number of thioether (sulfide) groups is 1. The summed E-state index contributed by atoms with van der Waals surface area (Å²) in [5.41, 5.74) is 1.64. The van der Waals surface area contributed by atoms with Crippen LogP contribution in [0.4, 0.5) is 5.69 Å². The minimum absolute atomic E-state index is 0.125. The average molecular weight is 375 g/mol. The zero-order valence-corrected chi connectivity index (χ0v) is 15.2. The van der Waals surface area contributed by atoms with E-state index in [1.807, 2.05) is 72.8 Å². The van der Waals surface area contributed by atoms with Crippen molar-refractivity contribution in [2.24, 2.45) is 0 Å². The van der Waals surface area contributed by atoms with Crippen molar-refractivity contribution in [2.75, 3.05) is 16.9 Å². The zero-order valence-electron chi connectivity index (χ0n) is 14.4. The third kappa shape index (κ3) is 3.78. The molecular formula is C20H17N5OS. The fourth-order valence-corrected chi connectivity index (χ4v) is 3.41. The number of aromatic nitrogens is 3. The van der Waals surface area contributed by atoms with Gasteiger partial charge in [-0.15, -0.1) is 10.2 Å². The van der Waals surface area contributed by atoms with Gasteiger partial charge in [0.2, 0.25) is 11.1 Å². The number of amides is 1. The van der Waals surface area contributed by atoms with Gasteiger partial charge in [0.25, 0.3) is 0 Å². The summed E-state index contributed by atoms with van der Waals surface area (Å²) in [7, 11) is 0. The Morgan fingerprint density at radius 2 is 1.70 bits per heavy atom. The SMILES string of the molecule is Nn1c(SCC(=O)Nc2ccc3ccccc3c2)nnc1-c1ccccc1. The lowest BCUT2D eigenvalue weighted by molar-refractivity contribution is -0.113. The molecular weight excluding hydrogens is 358 g/mol. The minimum Gasteiger partial charge on any atom is -0.335 e. The number of nitrogens with zero attached hydrogens (tertiary/aromatic N) is 3. The van der Waals surface area contributed by atoms with Crippen LogP contribution in [0.15, 0.2) is 78.0 Å². The lowest BCUT2D eigenvalue weighted by Crippen LogP contribution is -2.16. The topological polar surface area (TPSA) is 85.8 Å². The van der Waals surface area contributed by atoms with Crippen molar-refractivity contribution < 1.29 is 4.79 Å². The molecule has 3 aromatic carbocycles. The maximum atomic E-state index is 12.3. The second-order valence-corrected chi connectivity index (χ2v) is 6.88. The van der Waals surface area contributed by atoms with Gasteiger partial charge in [0.05, 0.1) is 5.75 Å². The van der Waals surface area contributed by atoms with Gasteiger partial charge < -0.3 is 11.2 Å². The molecule has 27 heavy (non-hydrogen) atoms. The molecule has 1 aromatic heterocycles. The molecule has 7 heteroatoms. The van der Waals surface area contributed by atoms with Gasteiger partial charge in [0.1, 0.15) is 0 Å². The number of hydrogen-bond donors (Lipinski definition) is 2. The number of anilines is 1. The highest BCUT2D eigenvalue weighted by Gasteiger charge is 2.13. The molecule has 0 aliphatic carbocycles. The lowest BCUT2D eigenvalue weighted by atomic mass is 10.1. The van der Waals surface area contributed by atoms with E-state index in [9.17, 15) is 4.79 Å². The van der Waals surface area contributed by atoms with Crippen molar-refractivity contribution in [1.29, 1.82) is 0 Å². The molecule has 134 valence electrons. The number of fused-ring (bicyclic) bond motifs is 1. The summed E-state index contributed by atoms with van der Waals surface area (Å²) in [6.07, 6.45) is 0. The number of nitrogens with two attached hydrogens (primary N) is 1. The van der Waals surface area contributed by atoms with E-state index in [0.717, 1.165) is 22.0 Å². The summed E-state index contributed by atoms with van der Waals surface area (Å²) in [5, 5.41) is 13.8. The molecule has 0 aliphatic heterocycles. The summed E-state index contributed by atoms with van der Waals surface area (Å²) >= 11 is 1.25. The molecule has 1 heterocycles. The standard InChI is InChI=1S/C20H17N5OS/c21-25-19(15-7-2-1-3-8-15)23-24-20(25)27-13-18(26)22-17-11-10-14-6-4-5-9-16(14)12-17/h1-12H,13,21H2,(H,22,26). The first kappa shape index (κ1) is 17.1. The molecule has 0 saturated carbocycles. The Kier molecular flexibility index (Phi) is 4.76. The summed E-state index contributed by atoms with van der Waals surface area (Å²) in [6.45, 7) is 0. The largest absolute Gasteiger partial charge is 0.335 e. The Balaban J connectivity index is 1.41. The summed E-state index contributed by atoms with van der Waals surface area (Å²) in [6, 6.07) is 23.4. The third-order valence-corrected chi connectivity index (χ3v) is 5.01. The molecule has 3 N–H and O–H groups in total. The maximum Gasteiger partial charge on any atom is 0.234 e. The van der Waals surface area contributed by atoms with E-state index < -0.39 is 0 Å². The second-order valence-electron chi connectivity index (χ2n) is 5.94. The van der Waals surface area contributed by atoms with E-state index in [1.54, 1.807) is 0 Å². The van der Waals surface area contributed by atoms with Crippen LogP contribution in [-0.2, 0) is 4.79 Å². The monoisotopic (exact) mass is 375 g/mol. The summed E-state index contributed by atoms with van der Waals surface area (Å²) in [5.74, 6) is 6.70. The predicted molar refractivity (Wildman–Crippen MR) is 109 cm³/mol. The third-order valence-electron chi connectivity index (χ3n) is 4.06. The fraction of sp³-hybridized carbons (Fsp3) is 0.0500. The molecule has 0 aliphatic rings. The molecule has 0 saturated heterocycles. The number of nitrogens with one attached hydrogen (secondary N) is 1. The van der Waals surface area contributed by atoms with Crippen LogP contribution < -0.4 is 11.2 Å². The van der Waals surface area contributed by atoms with E-state index >= 15 is 0 Å². The smallest absolute Gasteiger partial charge is 0.234 e. The number of hydrogen-bond acceptors (Lipinski definition) is 5. The molecule has 0 spiro atoms. The van der Waals surface area contributed by atoms with Crippen molar-refractivity contribution in [3.8, 4) is 11.4 Å². The van der Waals surface area contributed by atoms with Crippen molar-refractivity contribution in [2.45, 2.75) is 5.16 Å². The van der Waals surface area contributed by atoms with E-state index in [1.165, 1.54) is 16.4 Å². The van der Waals surface area contributed by atoms with Crippen molar-refractivity contribution in [3.05, 3.63) is 72.8 Å². The van der Waals surface area contributed by atoms with Gasteiger partial charge in [-0.2, -0.15) is 0 Å². The van der Waals surface area contributed by atoms with Crippen LogP contribution in [0.25, 0.3) is 22.2 Å². The lowest BCUT2D eigenvalue weighted by Gasteiger charge is -2.07. The Bertz CT molecular complexity index is 1090. The highest BCUT2D eigenvalue weighted by molar-refractivity contribution is 7.99. The molecule has 0 fully saturated rings. The molecule has 0 unspecified atom stereocenters. The molecule has 0 bridgehead atoms. The van der Waals surface area contributed by atoms with Gasteiger partial charge in [-0.05, 0) is 22.9 Å². The van der Waals surface area contributed by atoms with Crippen LogP contribution in [0.1, 0.15) is 0 Å². The Hall–Kier alpha value is -3.32. The molecule has 4 aromatic rings. The van der Waals surface area contributed by atoms with E-state index in [4.69, 9.17) is 5.84 Å². The second kappa shape index (κ2) is 7.51. The number of nitrogen functional groups attached to an aromatic ring is 1. The quantitative estimate of drug-likeness (QED) is 0.412. The van der Waals surface area contributed by atoms with E-state index in [0.29, 0.717) is 11.0 Å². The Morgan fingerprint density at radius 1 is 0.963 bits per heavy atom. The van der Waals surface area contributed by atoms with Gasteiger partial charge in [-0.3, -0.25) is 4.79 Å². The first-order valence-corrected chi connectivity index (χ1v) is 9.36. The molecule has 0 atom stereocenters. The van der Waals surface area contributed by atoms with Gasteiger partial charge in [-0.25, -0.2) is 4.68 Å². The normalized spacial score (nSPS) is 10.8. The minimum atomic E-state index is -0.125. The van der Waals surface area contributed by atoms with Crippen molar-refractivity contribution in [3.63, 3.8) is 0 Å². The highest BCUT2D eigenvalue weighted by Crippen LogP contribution is 2.22. The number of carbonyl (C=O) groups is 1. The number of benzene rings is 3. The Labute approximate surface area is 160 Å². The summed E-state index contributed by atoms with van der Waals surface area (Å²) in [4.78, 5) is 12.3. The van der Waals surface area contributed by atoms with Crippen LogP contribution in [-0.4, -0.2) is 26.5 Å². The van der Waals surface area contributed by atoms with Gasteiger partial charge in [-0.1, -0.05) is 72.4 Å². The molecule has 6 nitrogen and oxygen atoms in total. The van der Waals surface area contributed by atoms with Crippen LogP contribution in [0.5, 0.6) is 0 Å². The average Bonchev–Trinajstić information content (AvgIpc) is 3.07. The van der Waals surface area contributed by atoms with E-state index in [2.05, 4.69) is 15.5 Å². The van der Waals surface area contributed by atoms with Gasteiger partial charge >= 0.3 is 0 Å². The number of rotatable bonds is 5. The summed E-state index contributed by atoms with van der Waals surface area (Å²) < 4.78 is 1.41. The zero-order chi connectivity index (χ0) is 18.6. The van der Waals surface area contributed by atoms with Crippen molar-refractivity contribution in [1.82, 2.24) is 14.9 Å². The van der Waals surface area contributed by atoms with Crippen LogP contribution in [0, 0.1) is 0 Å².